The van der Waals surface area contributed by atoms with E-state index in [0.717, 1.165) is 43.4 Å². The van der Waals surface area contributed by atoms with Gasteiger partial charge in [0.25, 0.3) is 0 Å². The van der Waals surface area contributed by atoms with Crippen LogP contribution in [0.1, 0.15) is 105 Å². The fourth-order valence-electron chi connectivity index (χ4n) is 8.45. The maximum Gasteiger partial charge on any atom is 0.0758 e. The minimum absolute atomic E-state index is 0.147. The predicted molar refractivity (Wildman–Crippen MR) is 121 cm³/mol. The number of allylic oxidation sites excluding steroid dienone is 1. The third kappa shape index (κ3) is 3.65. The Bertz CT molecular complexity index is 636. The molecular weight excluding hydrogens is 356 g/mol. The van der Waals surface area contributed by atoms with Gasteiger partial charge in [0.2, 0.25) is 0 Å². The van der Waals surface area contributed by atoms with E-state index in [2.05, 4.69) is 34.6 Å². The first-order valence-corrected chi connectivity index (χ1v) is 12.8. The molecule has 4 aliphatic rings. The highest BCUT2D eigenvalue weighted by atomic mass is 16.3. The van der Waals surface area contributed by atoms with Crippen LogP contribution < -0.4 is 0 Å². The summed E-state index contributed by atoms with van der Waals surface area (Å²) in [5.41, 5.74) is 3.77. The smallest absolute Gasteiger partial charge is 0.0758 e. The minimum Gasteiger partial charge on any atom is -0.393 e. The molecule has 0 radical (unpaired) electrons. The van der Waals surface area contributed by atoms with Crippen LogP contribution in [-0.2, 0) is 0 Å². The number of aliphatic hydroxyl groups excluding tert-OH is 2. The van der Waals surface area contributed by atoms with Crippen LogP contribution in [0.2, 0.25) is 0 Å². The fraction of sp³-hybridized carbons (Fsp3) is 0.926. The Labute approximate surface area is 179 Å². The van der Waals surface area contributed by atoms with E-state index in [4.69, 9.17) is 0 Å². The fourth-order valence-corrected chi connectivity index (χ4v) is 8.45. The molecule has 0 heterocycles. The molecule has 166 valence electrons. The molecule has 3 fully saturated rings. The summed E-state index contributed by atoms with van der Waals surface area (Å²) < 4.78 is 0. The lowest BCUT2D eigenvalue weighted by atomic mass is 9.48. The zero-order valence-corrected chi connectivity index (χ0v) is 19.7. The average molecular weight is 403 g/mol. The van der Waals surface area contributed by atoms with Crippen molar-refractivity contribution in [1.82, 2.24) is 0 Å². The van der Waals surface area contributed by atoms with Crippen LogP contribution in [0, 0.1) is 40.4 Å². The van der Waals surface area contributed by atoms with Gasteiger partial charge in [0.05, 0.1) is 12.2 Å². The van der Waals surface area contributed by atoms with Crippen molar-refractivity contribution in [2.75, 3.05) is 0 Å². The molecule has 0 spiro atoms. The van der Waals surface area contributed by atoms with Gasteiger partial charge in [-0.2, -0.15) is 0 Å². The van der Waals surface area contributed by atoms with E-state index in [1.165, 1.54) is 50.5 Å². The Balaban J connectivity index is 1.58. The molecule has 0 aliphatic heterocycles. The summed E-state index contributed by atoms with van der Waals surface area (Å²) in [6, 6.07) is 0. The monoisotopic (exact) mass is 402 g/mol. The van der Waals surface area contributed by atoms with E-state index < -0.39 is 0 Å². The van der Waals surface area contributed by atoms with Crippen molar-refractivity contribution in [3.63, 3.8) is 0 Å². The predicted octanol–water partition coefficient (Wildman–Crippen LogP) is 6.50. The van der Waals surface area contributed by atoms with Gasteiger partial charge in [-0.1, -0.05) is 59.5 Å². The van der Waals surface area contributed by atoms with E-state index in [1.807, 2.05) is 0 Å². The molecule has 8 atom stereocenters. The van der Waals surface area contributed by atoms with E-state index in [-0.39, 0.29) is 12.2 Å². The first-order chi connectivity index (χ1) is 13.7. The second-order valence-corrected chi connectivity index (χ2v) is 12.3. The van der Waals surface area contributed by atoms with Crippen molar-refractivity contribution < 1.29 is 10.2 Å². The minimum atomic E-state index is -0.256. The number of aliphatic hydroxyl groups is 2. The first-order valence-electron chi connectivity index (χ1n) is 12.8. The van der Waals surface area contributed by atoms with E-state index in [9.17, 15) is 10.2 Å². The Morgan fingerprint density at radius 2 is 1.72 bits per heavy atom. The number of hydrogen-bond donors (Lipinski definition) is 2. The molecule has 0 unspecified atom stereocenters. The molecular formula is C27H46O2. The summed E-state index contributed by atoms with van der Waals surface area (Å²) in [4.78, 5) is 0. The highest BCUT2D eigenvalue weighted by Gasteiger charge is 2.57. The molecule has 0 aromatic carbocycles. The maximum atomic E-state index is 11.3. The van der Waals surface area contributed by atoms with E-state index in [1.54, 1.807) is 5.57 Å². The van der Waals surface area contributed by atoms with Crippen LogP contribution in [0.25, 0.3) is 0 Å². The SMILES string of the molecule is CC(C)CCC[C@@H](C)[C@H]1CCC2=C3[C@H](O)C[C@H]4C[C@@H](O)CC[C@]4(C)[C@H]3CC[C@@]21C. The molecule has 0 bridgehead atoms. The molecule has 29 heavy (non-hydrogen) atoms. The Morgan fingerprint density at radius 1 is 0.966 bits per heavy atom. The van der Waals surface area contributed by atoms with Gasteiger partial charge in [-0.25, -0.2) is 0 Å². The molecule has 0 saturated heterocycles. The lowest BCUT2D eigenvalue weighted by Gasteiger charge is -2.58. The van der Waals surface area contributed by atoms with E-state index >= 15 is 0 Å². The quantitative estimate of drug-likeness (QED) is 0.515. The Kier molecular flexibility index (Phi) is 6.01. The number of rotatable bonds is 5. The van der Waals surface area contributed by atoms with Crippen LogP contribution in [0.4, 0.5) is 0 Å². The van der Waals surface area contributed by atoms with Crippen molar-refractivity contribution in [2.24, 2.45) is 40.4 Å². The molecule has 2 N–H and O–H groups in total. The Morgan fingerprint density at radius 3 is 2.45 bits per heavy atom. The highest BCUT2D eigenvalue weighted by molar-refractivity contribution is 5.37. The standard InChI is InChI=1S/C27H46O2/c1-17(2)7-6-8-18(3)21-9-10-22-25-23(12-14-27(21,22)5)26(4)13-11-20(28)15-19(26)16-24(25)29/h17-21,23-24,28-29H,6-16H2,1-5H3/t18-,19-,20+,21-,23+,24-,26+,27-/m1/s1. The zero-order valence-electron chi connectivity index (χ0n) is 19.7. The van der Waals surface area contributed by atoms with Crippen LogP contribution in [0.3, 0.4) is 0 Å². The second kappa shape index (κ2) is 7.97. The third-order valence-electron chi connectivity index (χ3n) is 10.2. The first kappa shape index (κ1) is 21.9. The average Bonchev–Trinajstić information content (AvgIpc) is 3.00. The topological polar surface area (TPSA) is 40.5 Å². The summed E-state index contributed by atoms with van der Waals surface area (Å²) in [6.45, 7) is 12.2. The molecule has 3 saturated carbocycles. The maximum absolute atomic E-state index is 11.3. The zero-order chi connectivity index (χ0) is 21.0. The summed E-state index contributed by atoms with van der Waals surface area (Å²) in [5.74, 6) is 3.45. The normalized spacial score (nSPS) is 45.7. The van der Waals surface area contributed by atoms with Gasteiger partial charge in [0.1, 0.15) is 0 Å². The summed E-state index contributed by atoms with van der Waals surface area (Å²) in [6.07, 6.45) is 12.7. The molecule has 0 aromatic heterocycles. The molecule has 0 amide bonds. The van der Waals surface area contributed by atoms with Gasteiger partial charge in [-0.05, 0) is 97.4 Å². The van der Waals surface area contributed by atoms with E-state index in [0.29, 0.717) is 22.7 Å². The Hall–Kier alpha value is -0.340. The highest BCUT2D eigenvalue weighted by Crippen LogP contribution is 2.65. The van der Waals surface area contributed by atoms with Crippen molar-refractivity contribution in [3.05, 3.63) is 11.1 Å². The van der Waals surface area contributed by atoms with Gasteiger partial charge < -0.3 is 10.2 Å². The van der Waals surface area contributed by atoms with Crippen LogP contribution in [0.15, 0.2) is 11.1 Å². The van der Waals surface area contributed by atoms with Crippen molar-refractivity contribution in [1.29, 1.82) is 0 Å². The number of hydrogen-bond acceptors (Lipinski definition) is 2. The van der Waals surface area contributed by atoms with Crippen molar-refractivity contribution >= 4 is 0 Å². The molecule has 4 rings (SSSR count). The molecule has 2 nitrogen and oxygen atoms in total. The molecule has 2 heteroatoms. The van der Waals surface area contributed by atoms with Gasteiger partial charge in [0, 0.05) is 0 Å². The van der Waals surface area contributed by atoms with Crippen molar-refractivity contribution in [2.45, 2.75) is 117 Å². The molecule has 4 aliphatic carbocycles. The molecule has 0 aromatic rings. The number of fused-ring (bicyclic) bond motifs is 4. The second-order valence-electron chi connectivity index (χ2n) is 12.3. The van der Waals surface area contributed by atoms with Crippen LogP contribution >= 0.6 is 0 Å². The summed E-state index contributed by atoms with van der Waals surface area (Å²) >= 11 is 0. The van der Waals surface area contributed by atoms with Crippen LogP contribution in [0.5, 0.6) is 0 Å². The van der Waals surface area contributed by atoms with Gasteiger partial charge in [-0.3, -0.25) is 0 Å². The van der Waals surface area contributed by atoms with Gasteiger partial charge in [0.15, 0.2) is 0 Å². The largest absolute Gasteiger partial charge is 0.393 e. The summed E-state index contributed by atoms with van der Waals surface area (Å²) in [5, 5.41) is 21.5. The van der Waals surface area contributed by atoms with Gasteiger partial charge >= 0.3 is 0 Å². The lowest BCUT2D eigenvalue weighted by Crippen LogP contribution is -2.52. The third-order valence-corrected chi connectivity index (χ3v) is 10.2. The van der Waals surface area contributed by atoms with Crippen molar-refractivity contribution in [3.8, 4) is 0 Å². The van der Waals surface area contributed by atoms with Crippen LogP contribution in [-0.4, -0.2) is 22.4 Å². The lowest BCUT2D eigenvalue weighted by molar-refractivity contribution is -0.0664. The summed E-state index contributed by atoms with van der Waals surface area (Å²) in [7, 11) is 0. The van der Waals surface area contributed by atoms with Gasteiger partial charge in [-0.15, -0.1) is 0 Å².